The Hall–Kier alpha value is -2.62. The van der Waals surface area contributed by atoms with Crippen molar-refractivity contribution >= 4 is 23.2 Å². The van der Waals surface area contributed by atoms with E-state index in [1.165, 1.54) is 12.8 Å². The SMILES string of the molecule is Cc1cc(-c2ccc(NC(=O)[C@@H]3C[C@@H]3CCC(C)C)c(C)c2)ccc1NC(=O)[C@H]1C[C@H]1CCC(C)C. The fraction of sp³-hybridized carbons (Fsp3) is 0.562. The summed E-state index contributed by atoms with van der Waals surface area (Å²) in [7, 11) is 0. The number of hydrogen-bond donors (Lipinski definition) is 2. The molecule has 194 valence electrons. The zero-order chi connectivity index (χ0) is 26.0. The van der Waals surface area contributed by atoms with Crippen LogP contribution in [0.15, 0.2) is 36.4 Å². The molecule has 36 heavy (non-hydrogen) atoms. The zero-order valence-electron chi connectivity index (χ0n) is 23.0. The van der Waals surface area contributed by atoms with Crippen molar-refractivity contribution in [3.8, 4) is 11.1 Å². The summed E-state index contributed by atoms with van der Waals surface area (Å²) in [6.45, 7) is 13.1. The molecule has 0 unspecified atom stereocenters. The average Bonchev–Trinajstić information content (AvgIpc) is 3.73. The first-order valence-corrected chi connectivity index (χ1v) is 14.0. The lowest BCUT2D eigenvalue weighted by Gasteiger charge is -2.13. The summed E-state index contributed by atoms with van der Waals surface area (Å²) in [5.74, 6) is 3.19. The lowest BCUT2D eigenvalue weighted by atomic mass is 9.99. The number of anilines is 2. The molecule has 0 aromatic heterocycles. The minimum atomic E-state index is 0.164. The van der Waals surface area contributed by atoms with Gasteiger partial charge in [0.2, 0.25) is 11.8 Å². The highest BCUT2D eigenvalue weighted by molar-refractivity contribution is 5.96. The summed E-state index contributed by atoms with van der Waals surface area (Å²) in [4.78, 5) is 25.4. The maximum Gasteiger partial charge on any atom is 0.227 e. The van der Waals surface area contributed by atoms with Crippen molar-refractivity contribution in [3.63, 3.8) is 0 Å². The topological polar surface area (TPSA) is 58.2 Å². The lowest BCUT2D eigenvalue weighted by molar-refractivity contribution is -0.118. The van der Waals surface area contributed by atoms with Gasteiger partial charge in [-0.25, -0.2) is 0 Å². The molecule has 4 heteroatoms. The second-order valence-electron chi connectivity index (χ2n) is 12.2. The number of rotatable bonds is 11. The van der Waals surface area contributed by atoms with Crippen molar-refractivity contribution in [3.05, 3.63) is 47.5 Å². The lowest BCUT2D eigenvalue weighted by Crippen LogP contribution is -2.16. The van der Waals surface area contributed by atoms with E-state index < -0.39 is 0 Å². The predicted molar refractivity (Wildman–Crippen MR) is 150 cm³/mol. The van der Waals surface area contributed by atoms with Crippen molar-refractivity contribution in [2.24, 2.45) is 35.5 Å². The first kappa shape index (κ1) is 26.4. The van der Waals surface area contributed by atoms with Crippen LogP contribution in [0.3, 0.4) is 0 Å². The molecule has 2 fully saturated rings. The highest BCUT2D eigenvalue weighted by Gasteiger charge is 2.43. The maximum atomic E-state index is 12.7. The quantitative estimate of drug-likeness (QED) is 0.337. The van der Waals surface area contributed by atoms with Crippen molar-refractivity contribution in [2.75, 3.05) is 10.6 Å². The van der Waals surface area contributed by atoms with E-state index in [0.717, 1.165) is 59.3 Å². The fourth-order valence-electron chi connectivity index (χ4n) is 5.29. The molecule has 4 rings (SSSR count). The Balaban J connectivity index is 1.33. The van der Waals surface area contributed by atoms with Gasteiger partial charge in [0.1, 0.15) is 0 Å². The number of hydrogen-bond acceptors (Lipinski definition) is 2. The van der Waals surface area contributed by atoms with Gasteiger partial charge in [-0.3, -0.25) is 9.59 Å². The summed E-state index contributed by atoms with van der Waals surface area (Å²) in [6.07, 6.45) is 6.76. The number of amides is 2. The minimum absolute atomic E-state index is 0.164. The summed E-state index contributed by atoms with van der Waals surface area (Å²) in [6, 6.07) is 12.4. The summed E-state index contributed by atoms with van der Waals surface area (Å²) in [5, 5.41) is 6.32. The largest absolute Gasteiger partial charge is 0.326 e. The molecule has 0 spiro atoms. The number of benzene rings is 2. The van der Waals surface area contributed by atoms with Crippen LogP contribution < -0.4 is 10.6 Å². The van der Waals surface area contributed by atoms with E-state index in [9.17, 15) is 9.59 Å². The molecule has 4 nitrogen and oxygen atoms in total. The van der Waals surface area contributed by atoms with Gasteiger partial charge in [-0.2, -0.15) is 0 Å². The van der Waals surface area contributed by atoms with Gasteiger partial charge < -0.3 is 10.6 Å². The monoisotopic (exact) mass is 488 g/mol. The van der Waals surface area contributed by atoms with E-state index in [0.29, 0.717) is 23.7 Å². The van der Waals surface area contributed by atoms with E-state index in [1.807, 2.05) is 12.1 Å². The molecular formula is C32H44N2O2. The zero-order valence-corrected chi connectivity index (χ0v) is 23.0. The Morgan fingerprint density at radius 3 is 1.44 bits per heavy atom. The summed E-state index contributed by atoms with van der Waals surface area (Å²) in [5.41, 5.74) is 6.16. The highest BCUT2D eigenvalue weighted by atomic mass is 16.2. The Morgan fingerprint density at radius 2 is 1.11 bits per heavy atom. The van der Waals surface area contributed by atoms with Gasteiger partial charge in [-0.1, -0.05) is 52.7 Å². The molecule has 2 aliphatic carbocycles. The second-order valence-corrected chi connectivity index (χ2v) is 12.2. The fourth-order valence-corrected chi connectivity index (χ4v) is 5.29. The molecule has 0 heterocycles. The molecule has 2 amide bonds. The average molecular weight is 489 g/mol. The van der Waals surface area contributed by atoms with E-state index in [2.05, 4.69) is 76.4 Å². The Morgan fingerprint density at radius 1 is 0.722 bits per heavy atom. The Kier molecular flexibility index (Phi) is 8.22. The molecule has 0 aliphatic heterocycles. The van der Waals surface area contributed by atoms with Crippen LogP contribution in [0.1, 0.15) is 77.3 Å². The van der Waals surface area contributed by atoms with E-state index in [-0.39, 0.29) is 23.7 Å². The molecule has 0 bridgehead atoms. The molecule has 0 radical (unpaired) electrons. The van der Waals surface area contributed by atoms with Gasteiger partial charge in [0.25, 0.3) is 0 Å². The van der Waals surface area contributed by atoms with Gasteiger partial charge in [-0.15, -0.1) is 0 Å². The van der Waals surface area contributed by atoms with Crippen LogP contribution in [0.4, 0.5) is 11.4 Å². The molecule has 2 saturated carbocycles. The third-order valence-electron chi connectivity index (χ3n) is 8.05. The van der Waals surface area contributed by atoms with Crippen molar-refractivity contribution in [2.45, 2.75) is 80.1 Å². The molecule has 2 N–H and O–H groups in total. The Bertz CT molecular complexity index is 1020. The third kappa shape index (κ3) is 6.78. The summed E-state index contributed by atoms with van der Waals surface area (Å²) < 4.78 is 0. The minimum Gasteiger partial charge on any atom is -0.326 e. The van der Waals surface area contributed by atoms with Crippen molar-refractivity contribution in [1.82, 2.24) is 0 Å². The Labute approximate surface area is 217 Å². The molecule has 4 atom stereocenters. The third-order valence-corrected chi connectivity index (χ3v) is 8.05. The predicted octanol–water partition coefficient (Wildman–Crippen LogP) is 7.99. The van der Waals surface area contributed by atoms with Crippen LogP contribution in [-0.2, 0) is 9.59 Å². The first-order chi connectivity index (χ1) is 17.1. The number of carbonyl (C=O) groups is 2. The molecule has 2 aliphatic rings. The van der Waals surface area contributed by atoms with E-state index in [1.54, 1.807) is 0 Å². The van der Waals surface area contributed by atoms with Crippen molar-refractivity contribution < 1.29 is 9.59 Å². The first-order valence-electron chi connectivity index (χ1n) is 14.0. The summed E-state index contributed by atoms with van der Waals surface area (Å²) >= 11 is 0. The van der Waals surface area contributed by atoms with Gasteiger partial charge in [-0.05, 0) is 110 Å². The highest BCUT2D eigenvalue weighted by Crippen LogP contribution is 2.44. The van der Waals surface area contributed by atoms with E-state index in [4.69, 9.17) is 0 Å². The molecule has 0 saturated heterocycles. The van der Waals surface area contributed by atoms with Crippen molar-refractivity contribution in [1.29, 1.82) is 0 Å². The molecule has 2 aromatic rings. The normalized spacial score (nSPS) is 22.6. The van der Waals surface area contributed by atoms with E-state index >= 15 is 0 Å². The smallest absolute Gasteiger partial charge is 0.227 e. The van der Waals surface area contributed by atoms with Crippen LogP contribution in [0.5, 0.6) is 0 Å². The van der Waals surface area contributed by atoms with Crippen LogP contribution in [0.2, 0.25) is 0 Å². The van der Waals surface area contributed by atoms with Crippen LogP contribution in [-0.4, -0.2) is 11.8 Å². The molecular weight excluding hydrogens is 444 g/mol. The molecule has 2 aromatic carbocycles. The number of aryl methyl sites for hydroxylation is 2. The van der Waals surface area contributed by atoms with Gasteiger partial charge >= 0.3 is 0 Å². The number of carbonyl (C=O) groups excluding carboxylic acids is 2. The maximum absolute atomic E-state index is 12.7. The number of nitrogens with one attached hydrogen (secondary N) is 2. The van der Waals surface area contributed by atoms with Crippen LogP contribution in [0, 0.1) is 49.4 Å². The standard InChI is InChI=1S/C32H44N2O2/c1-19(2)7-9-25-17-27(25)31(35)33-29-13-11-23(15-21(29)5)24-12-14-30(22(6)16-24)34-32(36)28-18-26(28)10-8-20(3)4/h11-16,19-20,25-28H,7-10,17-18H2,1-6H3,(H,33,35)(H,34,36)/t25-,26+,27+,28-. The van der Waals surface area contributed by atoms with Gasteiger partial charge in [0, 0.05) is 23.2 Å². The van der Waals surface area contributed by atoms with Gasteiger partial charge in [0.05, 0.1) is 0 Å². The van der Waals surface area contributed by atoms with Crippen LogP contribution >= 0.6 is 0 Å². The second kappa shape index (κ2) is 11.2. The van der Waals surface area contributed by atoms with Gasteiger partial charge in [0.15, 0.2) is 0 Å². The van der Waals surface area contributed by atoms with Crippen LogP contribution in [0.25, 0.3) is 11.1 Å².